The van der Waals surface area contributed by atoms with Crippen LogP contribution < -0.4 is 5.32 Å². The fourth-order valence-electron chi connectivity index (χ4n) is 2.41. The lowest BCUT2D eigenvalue weighted by atomic mass is 10.1. The predicted molar refractivity (Wildman–Crippen MR) is 92.4 cm³/mol. The number of rotatable bonds is 8. The Labute approximate surface area is 134 Å². The maximum absolute atomic E-state index is 5.69. The van der Waals surface area contributed by atoms with Crippen molar-refractivity contribution in [2.75, 3.05) is 40.4 Å². The van der Waals surface area contributed by atoms with Crippen LogP contribution in [0.1, 0.15) is 24.0 Å². The summed E-state index contributed by atoms with van der Waals surface area (Å²) in [4.78, 5) is 6.47. The number of benzene rings is 1. The van der Waals surface area contributed by atoms with E-state index in [1.54, 1.807) is 0 Å². The highest BCUT2D eigenvalue weighted by Gasteiger charge is 2.21. The predicted octanol–water partition coefficient (Wildman–Crippen LogP) is 2.47. The topological polar surface area (TPSA) is 36.9 Å². The second-order valence-electron chi connectivity index (χ2n) is 6.15. The lowest BCUT2D eigenvalue weighted by Gasteiger charge is -2.22. The first-order valence-corrected chi connectivity index (χ1v) is 8.24. The standard InChI is InChI=1S/C18H29N3O/c1-15-5-4-6-16(13-15)9-10-20-18(19-2)21(3)11-12-22-14-17-7-8-17/h4-6,13,17H,7-12,14H2,1-3H3,(H,19,20). The average Bonchev–Trinajstić information content (AvgIpc) is 3.32. The van der Waals surface area contributed by atoms with E-state index in [1.165, 1.54) is 24.0 Å². The first kappa shape index (κ1) is 16.8. The zero-order valence-corrected chi connectivity index (χ0v) is 14.1. The van der Waals surface area contributed by atoms with Gasteiger partial charge in [0.15, 0.2) is 5.96 Å². The van der Waals surface area contributed by atoms with Gasteiger partial charge in [0.1, 0.15) is 0 Å². The fourth-order valence-corrected chi connectivity index (χ4v) is 2.41. The Morgan fingerprint density at radius 3 is 2.91 bits per heavy atom. The normalized spacial score (nSPS) is 15.0. The molecule has 0 aromatic heterocycles. The van der Waals surface area contributed by atoms with E-state index < -0.39 is 0 Å². The molecule has 0 saturated heterocycles. The van der Waals surface area contributed by atoms with E-state index >= 15 is 0 Å². The largest absolute Gasteiger partial charge is 0.379 e. The van der Waals surface area contributed by atoms with Crippen molar-refractivity contribution >= 4 is 5.96 Å². The van der Waals surface area contributed by atoms with Crippen LogP contribution in [0.15, 0.2) is 29.3 Å². The van der Waals surface area contributed by atoms with E-state index in [-0.39, 0.29) is 0 Å². The zero-order valence-electron chi connectivity index (χ0n) is 14.1. The van der Waals surface area contributed by atoms with Crippen LogP contribution in [-0.4, -0.2) is 51.3 Å². The highest BCUT2D eigenvalue weighted by atomic mass is 16.5. The molecular formula is C18H29N3O. The first-order valence-electron chi connectivity index (χ1n) is 8.24. The molecule has 0 aliphatic heterocycles. The Morgan fingerprint density at radius 1 is 1.41 bits per heavy atom. The summed E-state index contributed by atoms with van der Waals surface area (Å²) < 4.78 is 5.69. The minimum atomic E-state index is 0.769. The van der Waals surface area contributed by atoms with Crippen molar-refractivity contribution < 1.29 is 4.74 Å². The molecule has 1 fully saturated rings. The average molecular weight is 303 g/mol. The SMILES string of the molecule is CN=C(NCCc1cccc(C)c1)N(C)CCOCC1CC1. The Morgan fingerprint density at radius 2 is 2.23 bits per heavy atom. The molecule has 122 valence electrons. The molecule has 1 N–H and O–H groups in total. The van der Waals surface area contributed by atoms with Crippen LogP contribution >= 0.6 is 0 Å². The van der Waals surface area contributed by atoms with Gasteiger partial charge in [-0.15, -0.1) is 0 Å². The van der Waals surface area contributed by atoms with Gasteiger partial charge in [-0.05, 0) is 37.7 Å². The summed E-state index contributed by atoms with van der Waals surface area (Å²) in [5, 5.41) is 3.42. The Balaban J connectivity index is 1.64. The Hall–Kier alpha value is -1.55. The summed E-state index contributed by atoms with van der Waals surface area (Å²) in [7, 11) is 3.89. The van der Waals surface area contributed by atoms with E-state index in [0.717, 1.165) is 44.6 Å². The quantitative estimate of drug-likeness (QED) is 0.455. The molecule has 1 aliphatic rings. The van der Waals surface area contributed by atoms with Crippen molar-refractivity contribution in [1.82, 2.24) is 10.2 Å². The van der Waals surface area contributed by atoms with Gasteiger partial charge in [-0.25, -0.2) is 0 Å². The summed E-state index contributed by atoms with van der Waals surface area (Å²) in [5.41, 5.74) is 2.67. The molecule has 0 radical (unpaired) electrons. The van der Waals surface area contributed by atoms with Crippen LogP contribution in [-0.2, 0) is 11.2 Å². The van der Waals surface area contributed by atoms with Crippen LogP contribution in [0.5, 0.6) is 0 Å². The summed E-state index contributed by atoms with van der Waals surface area (Å²) in [6.07, 6.45) is 3.70. The molecule has 1 aliphatic carbocycles. The van der Waals surface area contributed by atoms with Crippen molar-refractivity contribution in [1.29, 1.82) is 0 Å². The fraction of sp³-hybridized carbons (Fsp3) is 0.611. The van der Waals surface area contributed by atoms with E-state index in [1.807, 2.05) is 7.05 Å². The molecule has 4 nitrogen and oxygen atoms in total. The van der Waals surface area contributed by atoms with Gasteiger partial charge in [-0.2, -0.15) is 0 Å². The third kappa shape index (κ3) is 6.06. The summed E-state index contributed by atoms with van der Waals surface area (Å²) in [5.74, 6) is 1.76. The molecule has 2 rings (SSSR count). The van der Waals surface area contributed by atoms with Gasteiger partial charge in [0, 0.05) is 33.8 Å². The number of hydrogen-bond acceptors (Lipinski definition) is 2. The van der Waals surface area contributed by atoms with E-state index in [9.17, 15) is 0 Å². The summed E-state index contributed by atoms with van der Waals surface area (Å²) in [6, 6.07) is 8.65. The molecular weight excluding hydrogens is 274 g/mol. The van der Waals surface area contributed by atoms with Gasteiger partial charge in [-0.1, -0.05) is 29.8 Å². The van der Waals surface area contributed by atoms with Gasteiger partial charge in [0.25, 0.3) is 0 Å². The van der Waals surface area contributed by atoms with Crippen LogP contribution in [0.25, 0.3) is 0 Å². The maximum atomic E-state index is 5.69. The van der Waals surface area contributed by atoms with Crippen LogP contribution in [0, 0.1) is 12.8 Å². The third-order valence-electron chi connectivity index (χ3n) is 3.97. The Bertz CT molecular complexity index is 483. The van der Waals surface area contributed by atoms with Crippen molar-refractivity contribution in [3.63, 3.8) is 0 Å². The number of hydrogen-bond donors (Lipinski definition) is 1. The van der Waals surface area contributed by atoms with Crippen molar-refractivity contribution in [3.05, 3.63) is 35.4 Å². The number of nitrogens with one attached hydrogen (secondary N) is 1. The summed E-state index contributed by atoms with van der Waals surface area (Å²) >= 11 is 0. The van der Waals surface area contributed by atoms with Crippen LogP contribution in [0.4, 0.5) is 0 Å². The monoisotopic (exact) mass is 303 g/mol. The molecule has 0 bridgehead atoms. The lowest BCUT2D eigenvalue weighted by molar-refractivity contribution is 0.115. The number of ether oxygens (including phenoxy) is 1. The third-order valence-corrected chi connectivity index (χ3v) is 3.97. The van der Waals surface area contributed by atoms with Gasteiger partial charge in [0.2, 0.25) is 0 Å². The molecule has 1 aromatic carbocycles. The van der Waals surface area contributed by atoms with Crippen LogP contribution in [0.3, 0.4) is 0 Å². The highest BCUT2D eigenvalue weighted by Crippen LogP contribution is 2.28. The second kappa shape index (κ2) is 8.79. The summed E-state index contributed by atoms with van der Waals surface area (Å²) in [6.45, 7) is 5.59. The maximum Gasteiger partial charge on any atom is 0.193 e. The van der Waals surface area contributed by atoms with E-state index in [0.29, 0.717) is 0 Å². The molecule has 4 heteroatoms. The molecule has 1 saturated carbocycles. The molecule has 22 heavy (non-hydrogen) atoms. The molecule has 0 amide bonds. The smallest absolute Gasteiger partial charge is 0.193 e. The van der Waals surface area contributed by atoms with E-state index in [2.05, 4.69) is 53.4 Å². The molecule has 0 heterocycles. The zero-order chi connectivity index (χ0) is 15.8. The minimum Gasteiger partial charge on any atom is -0.379 e. The van der Waals surface area contributed by atoms with Gasteiger partial charge < -0.3 is 15.0 Å². The van der Waals surface area contributed by atoms with Gasteiger partial charge in [0.05, 0.1) is 6.61 Å². The minimum absolute atomic E-state index is 0.769. The van der Waals surface area contributed by atoms with Gasteiger partial charge in [-0.3, -0.25) is 4.99 Å². The lowest BCUT2D eigenvalue weighted by Crippen LogP contribution is -2.41. The Kier molecular flexibility index (Phi) is 6.72. The molecule has 0 spiro atoms. The molecule has 1 aromatic rings. The number of guanidine groups is 1. The number of aliphatic imine (C=N–C) groups is 1. The number of likely N-dealkylation sites (N-methyl/N-ethyl adjacent to an activating group) is 1. The first-order chi connectivity index (χ1) is 10.7. The molecule has 0 atom stereocenters. The second-order valence-corrected chi connectivity index (χ2v) is 6.15. The van der Waals surface area contributed by atoms with Crippen molar-refractivity contribution in [2.45, 2.75) is 26.2 Å². The number of nitrogens with zero attached hydrogens (tertiary/aromatic N) is 2. The van der Waals surface area contributed by atoms with Crippen molar-refractivity contribution in [2.24, 2.45) is 10.9 Å². The van der Waals surface area contributed by atoms with E-state index in [4.69, 9.17) is 4.74 Å². The van der Waals surface area contributed by atoms with Crippen molar-refractivity contribution in [3.8, 4) is 0 Å². The van der Waals surface area contributed by atoms with Gasteiger partial charge >= 0.3 is 0 Å². The number of aryl methyl sites for hydroxylation is 1. The van der Waals surface area contributed by atoms with Crippen LogP contribution in [0.2, 0.25) is 0 Å². The highest BCUT2D eigenvalue weighted by molar-refractivity contribution is 5.79. The molecule has 0 unspecified atom stereocenters.